The fraction of sp³-hybridized carbons (Fsp3) is 0.154. The van der Waals surface area contributed by atoms with Crippen molar-refractivity contribution >= 4 is 40.1 Å². The van der Waals surface area contributed by atoms with E-state index in [2.05, 4.69) is 25.4 Å². The Labute approximate surface area is 129 Å². The second-order valence-corrected chi connectivity index (χ2v) is 4.97. The first-order valence-corrected chi connectivity index (χ1v) is 6.65. The highest BCUT2D eigenvalue weighted by molar-refractivity contribution is 6.28. The zero-order valence-corrected chi connectivity index (χ0v) is 12.5. The molecule has 3 heterocycles. The third-order valence-electron chi connectivity index (χ3n) is 3.14. The molecule has 0 aromatic carbocycles. The molecule has 0 aliphatic heterocycles. The molecule has 9 heteroatoms. The van der Waals surface area contributed by atoms with Gasteiger partial charge in [-0.1, -0.05) is 0 Å². The Morgan fingerprint density at radius 3 is 2.86 bits per heavy atom. The molecule has 0 unspecified atom stereocenters. The number of halogens is 1. The van der Waals surface area contributed by atoms with Gasteiger partial charge in [-0.15, -0.1) is 0 Å². The molecular weight excluding hydrogens is 308 g/mol. The molecule has 3 rings (SSSR count). The van der Waals surface area contributed by atoms with Crippen LogP contribution in [0.15, 0.2) is 18.5 Å². The van der Waals surface area contributed by atoms with Crippen LogP contribution in [0, 0.1) is 6.92 Å². The van der Waals surface area contributed by atoms with Crippen molar-refractivity contribution in [3.05, 3.63) is 35.0 Å². The molecule has 0 saturated carbocycles. The summed E-state index contributed by atoms with van der Waals surface area (Å²) in [7, 11) is 1.73. The van der Waals surface area contributed by atoms with Crippen molar-refractivity contribution in [2.75, 3.05) is 5.32 Å². The molecule has 0 radical (unpaired) electrons. The van der Waals surface area contributed by atoms with Gasteiger partial charge in [0, 0.05) is 19.4 Å². The number of nitrogens with zero attached hydrogens (tertiary/aromatic N) is 5. The van der Waals surface area contributed by atoms with E-state index in [0.29, 0.717) is 28.2 Å². The maximum absolute atomic E-state index is 11.0. The predicted molar refractivity (Wildman–Crippen MR) is 80.5 cm³/mol. The summed E-state index contributed by atoms with van der Waals surface area (Å²) >= 11 is 5.78. The molecule has 0 saturated heterocycles. The average Bonchev–Trinajstić information content (AvgIpc) is 2.77. The third-order valence-corrected chi connectivity index (χ3v) is 3.32. The molecule has 3 aromatic rings. The quantitative estimate of drug-likeness (QED) is 0.713. The summed E-state index contributed by atoms with van der Waals surface area (Å²) in [4.78, 5) is 23.2. The number of carboxylic acids is 1. The Bertz CT molecular complexity index is 892. The minimum absolute atomic E-state index is 0.0904. The standard InChI is InChI=1S/C13H11ClN6O2/c1-6-9(3-7(4-15-6)12(21)22)17-10-8-5-16-13(14)18-11(8)20(2)19-10/h3-5H,1-2H3,(H,17,19)(H,21,22). The van der Waals surface area contributed by atoms with Gasteiger partial charge in [0.05, 0.1) is 22.3 Å². The number of aryl methyl sites for hydroxylation is 2. The van der Waals surface area contributed by atoms with Crippen molar-refractivity contribution in [1.29, 1.82) is 0 Å². The Kier molecular flexibility index (Phi) is 3.38. The van der Waals surface area contributed by atoms with Crippen molar-refractivity contribution in [1.82, 2.24) is 24.7 Å². The van der Waals surface area contributed by atoms with Gasteiger partial charge in [0.25, 0.3) is 0 Å². The molecule has 8 nitrogen and oxygen atoms in total. The molecule has 112 valence electrons. The van der Waals surface area contributed by atoms with Crippen LogP contribution in [0.2, 0.25) is 5.28 Å². The normalized spacial score (nSPS) is 10.9. The number of fused-ring (bicyclic) bond motifs is 1. The van der Waals surface area contributed by atoms with Crippen LogP contribution in [0.25, 0.3) is 11.0 Å². The highest BCUT2D eigenvalue weighted by Gasteiger charge is 2.14. The van der Waals surface area contributed by atoms with E-state index >= 15 is 0 Å². The maximum Gasteiger partial charge on any atom is 0.337 e. The zero-order chi connectivity index (χ0) is 15.9. The van der Waals surface area contributed by atoms with E-state index in [-0.39, 0.29) is 10.8 Å². The lowest BCUT2D eigenvalue weighted by Crippen LogP contribution is -2.02. The number of hydrogen-bond donors (Lipinski definition) is 2. The van der Waals surface area contributed by atoms with Crippen LogP contribution < -0.4 is 5.32 Å². The number of aromatic nitrogens is 5. The topological polar surface area (TPSA) is 106 Å². The van der Waals surface area contributed by atoms with E-state index in [1.54, 1.807) is 24.9 Å². The SMILES string of the molecule is Cc1ncc(C(=O)O)cc1Nc1nn(C)c2nc(Cl)ncc12. The summed E-state index contributed by atoms with van der Waals surface area (Å²) in [5, 5.41) is 17.2. The Hall–Kier alpha value is -2.74. The Balaban J connectivity index is 2.07. The molecule has 0 aliphatic carbocycles. The van der Waals surface area contributed by atoms with Crippen LogP contribution in [0.1, 0.15) is 16.1 Å². The molecule has 2 N–H and O–H groups in total. The van der Waals surface area contributed by atoms with Crippen molar-refractivity contribution in [2.45, 2.75) is 6.92 Å². The third kappa shape index (κ3) is 2.44. The molecule has 0 bridgehead atoms. The van der Waals surface area contributed by atoms with E-state index in [0.717, 1.165) is 0 Å². The lowest BCUT2D eigenvalue weighted by Gasteiger charge is -2.07. The van der Waals surface area contributed by atoms with E-state index < -0.39 is 5.97 Å². The molecule has 0 spiro atoms. The van der Waals surface area contributed by atoms with Crippen LogP contribution in [0.3, 0.4) is 0 Å². The van der Waals surface area contributed by atoms with Crippen molar-refractivity contribution in [3.63, 3.8) is 0 Å². The van der Waals surface area contributed by atoms with E-state index in [1.807, 2.05) is 0 Å². The predicted octanol–water partition coefficient (Wildman–Crippen LogP) is 2.16. The fourth-order valence-electron chi connectivity index (χ4n) is 2.01. The van der Waals surface area contributed by atoms with Gasteiger partial charge in [-0.25, -0.2) is 14.5 Å². The molecule has 0 atom stereocenters. The number of anilines is 2. The van der Waals surface area contributed by atoms with E-state index in [1.165, 1.54) is 12.3 Å². The van der Waals surface area contributed by atoms with Crippen LogP contribution in [-0.2, 0) is 7.05 Å². The summed E-state index contributed by atoms with van der Waals surface area (Å²) in [5.74, 6) is -0.543. The number of aromatic carboxylic acids is 1. The molecule has 3 aromatic heterocycles. The van der Waals surface area contributed by atoms with Gasteiger partial charge in [0.2, 0.25) is 5.28 Å². The van der Waals surface area contributed by atoms with Gasteiger partial charge in [0.15, 0.2) is 11.5 Å². The number of pyridine rings is 1. The van der Waals surface area contributed by atoms with Crippen LogP contribution in [0.5, 0.6) is 0 Å². The van der Waals surface area contributed by atoms with Crippen molar-refractivity contribution < 1.29 is 9.90 Å². The molecule has 22 heavy (non-hydrogen) atoms. The van der Waals surface area contributed by atoms with Gasteiger partial charge >= 0.3 is 5.97 Å². The largest absolute Gasteiger partial charge is 0.478 e. The molecule has 0 fully saturated rings. The number of nitrogens with one attached hydrogen (secondary N) is 1. The van der Waals surface area contributed by atoms with Gasteiger partial charge in [-0.2, -0.15) is 10.1 Å². The van der Waals surface area contributed by atoms with Gasteiger partial charge < -0.3 is 10.4 Å². The van der Waals surface area contributed by atoms with Gasteiger partial charge in [0.1, 0.15) is 0 Å². The first kappa shape index (κ1) is 14.2. The lowest BCUT2D eigenvalue weighted by molar-refractivity contribution is 0.0696. The number of carbonyl (C=O) groups is 1. The lowest BCUT2D eigenvalue weighted by atomic mass is 10.2. The van der Waals surface area contributed by atoms with Crippen molar-refractivity contribution in [2.24, 2.45) is 7.05 Å². The molecule has 0 aliphatic rings. The van der Waals surface area contributed by atoms with Gasteiger partial charge in [-0.05, 0) is 24.6 Å². The fourth-order valence-corrected chi connectivity index (χ4v) is 2.14. The summed E-state index contributed by atoms with van der Waals surface area (Å²) in [6.45, 7) is 1.77. The monoisotopic (exact) mass is 318 g/mol. The second-order valence-electron chi connectivity index (χ2n) is 4.64. The first-order valence-electron chi connectivity index (χ1n) is 6.28. The second kappa shape index (κ2) is 5.23. The Morgan fingerprint density at radius 2 is 2.14 bits per heavy atom. The zero-order valence-electron chi connectivity index (χ0n) is 11.7. The summed E-state index contributed by atoms with van der Waals surface area (Å²) in [6.07, 6.45) is 2.87. The van der Waals surface area contributed by atoms with Crippen molar-refractivity contribution in [3.8, 4) is 0 Å². The number of hydrogen-bond acceptors (Lipinski definition) is 6. The smallest absolute Gasteiger partial charge is 0.337 e. The highest BCUT2D eigenvalue weighted by Crippen LogP contribution is 2.26. The number of rotatable bonds is 3. The van der Waals surface area contributed by atoms with Crippen LogP contribution in [0.4, 0.5) is 11.5 Å². The van der Waals surface area contributed by atoms with Crippen LogP contribution in [-0.4, -0.2) is 35.8 Å². The summed E-state index contributed by atoms with van der Waals surface area (Å²) < 4.78 is 1.56. The average molecular weight is 319 g/mol. The van der Waals surface area contributed by atoms with Gasteiger partial charge in [-0.3, -0.25) is 4.98 Å². The first-order chi connectivity index (χ1) is 10.5. The van der Waals surface area contributed by atoms with E-state index in [4.69, 9.17) is 16.7 Å². The van der Waals surface area contributed by atoms with Crippen LogP contribution >= 0.6 is 11.6 Å². The number of carboxylic acid groups (broad SMARTS) is 1. The van der Waals surface area contributed by atoms with E-state index in [9.17, 15) is 4.79 Å². The highest BCUT2D eigenvalue weighted by atomic mass is 35.5. The summed E-state index contributed by atoms with van der Waals surface area (Å²) in [6, 6.07) is 1.50. The Morgan fingerprint density at radius 1 is 1.36 bits per heavy atom. The minimum Gasteiger partial charge on any atom is -0.478 e. The maximum atomic E-state index is 11.0. The molecule has 0 amide bonds. The minimum atomic E-state index is -1.04. The molecular formula is C13H11ClN6O2. The summed E-state index contributed by atoms with van der Waals surface area (Å²) in [5.41, 5.74) is 1.86.